The molecule has 2 aromatic carbocycles. The third-order valence-electron chi connectivity index (χ3n) is 4.19. The van der Waals surface area contributed by atoms with Gasteiger partial charge in [0, 0.05) is 34.5 Å². The first-order valence-electron chi connectivity index (χ1n) is 8.44. The maximum absolute atomic E-state index is 12.0. The molecule has 0 saturated heterocycles. The van der Waals surface area contributed by atoms with Crippen molar-refractivity contribution in [3.63, 3.8) is 0 Å². The van der Waals surface area contributed by atoms with Crippen LogP contribution in [0.3, 0.4) is 0 Å². The third kappa shape index (κ3) is 3.79. The lowest BCUT2D eigenvalue weighted by Crippen LogP contribution is -2.05. The molecule has 6 heteroatoms. The zero-order valence-corrected chi connectivity index (χ0v) is 14.7. The second kappa shape index (κ2) is 7.70. The van der Waals surface area contributed by atoms with Gasteiger partial charge in [-0.2, -0.15) is 0 Å². The maximum atomic E-state index is 12.0. The SMILES string of the molecule is CCC(=O)O.O=Cc1cccc(-c2ccc3[nH]c(=O)c4[nH]ccc4c3c2)c1. The van der Waals surface area contributed by atoms with Gasteiger partial charge in [0.05, 0.1) is 0 Å². The molecular formula is C21H18N2O4. The van der Waals surface area contributed by atoms with Gasteiger partial charge in [-0.15, -0.1) is 0 Å². The van der Waals surface area contributed by atoms with Crippen molar-refractivity contribution in [3.8, 4) is 11.1 Å². The minimum absolute atomic E-state index is 0.122. The molecular weight excluding hydrogens is 344 g/mol. The summed E-state index contributed by atoms with van der Waals surface area (Å²) in [6, 6.07) is 15.2. The summed E-state index contributed by atoms with van der Waals surface area (Å²) in [5.74, 6) is -0.745. The fourth-order valence-corrected chi connectivity index (χ4v) is 2.81. The first kappa shape index (κ1) is 18.1. The zero-order valence-electron chi connectivity index (χ0n) is 14.7. The van der Waals surface area contributed by atoms with Crippen LogP contribution in [0.2, 0.25) is 0 Å². The van der Waals surface area contributed by atoms with Crippen LogP contribution in [0.1, 0.15) is 23.7 Å². The first-order chi connectivity index (χ1) is 13.0. The predicted molar refractivity (Wildman–Crippen MR) is 105 cm³/mol. The number of aliphatic carboxylic acids is 1. The quantitative estimate of drug-likeness (QED) is 0.480. The van der Waals surface area contributed by atoms with E-state index >= 15 is 0 Å². The molecule has 0 spiro atoms. The van der Waals surface area contributed by atoms with Crippen LogP contribution in [0.15, 0.2) is 59.5 Å². The predicted octanol–water partition coefficient (Wildman–Crippen LogP) is 3.97. The van der Waals surface area contributed by atoms with Gasteiger partial charge < -0.3 is 15.1 Å². The van der Waals surface area contributed by atoms with Gasteiger partial charge in [-0.3, -0.25) is 14.4 Å². The van der Waals surface area contributed by atoms with Crippen LogP contribution in [-0.2, 0) is 4.79 Å². The standard InChI is InChI=1S/C18H12N2O2.C3H6O2/c21-10-11-2-1-3-12(8-11)13-4-5-16-15(9-13)14-6-7-19-17(14)18(22)20-16;1-2-3(4)5/h1-10,19H,(H,20,22);2H2,1H3,(H,4,5). The summed E-state index contributed by atoms with van der Waals surface area (Å²) >= 11 is 0. The molecule has 0 saturated carbocycles. The molecule has 0 fully saturated rings. The summed E-state index contributed by atoms with van der Waals surface area (Å²) in [6.45, 7) is 1.60. The average Bonchev–Trinajstić information content (AvgIpc) is 3.19. The highest BCUT2D eigenvalue weighted by atomic mass is 16.4. The molecule has 0 atom stereocenters. The van der Waals surface area contributed by atoms with Crippen molar-refractivity contribution in [2.75, 3.05) is 0 Å². The van der Waals surface area contributed by atoms with Gasteiger partial charge >= 0.3 is 5.97 Å². The molecule has 0 amide bonds. The third-order valence-corrected chi connectivity index (χ3v) is 4.19. The van der Waals surface area contributed by atoms with E-state index in [1.807, 2.05) is 42.5 Å². The second-order valence-corrected chi connectivity index (χ2v) is 5.97. The van der Waals surface area contributed by atoms with Gasteiger partial charge in [-0.25, -0.2) is 0 Å². The molecule has 0 aliphatic carbocycles. The lowest BCUT2D eigenvalue weighted by molar-refractivity contribution is -0.136. The molecule has 4 aromatic rings. The number of hydrogen-bond donors (Lipinski definition) is 3. The molecule has 3 N–H and O–H groups in total. The van der Waals surface area contributed by atoms with Crippen molar-refractivity contribution in [1.29, 1.82) is 0 Å². The van der Waals surface area contributed by atoms with E-state index in [0.717, 1.165) is 33.7 Å². The Labute approximate surface area is 154 Å². The minimum atomic E-state index is -0.745. The van der Waals surface area contributed by atoms with Crippen LogP contribution >= 0.6 is 0 Å². The Morgan fingerprint density at radius 1 is 1.07 bits per heavy atom. The molecule has 0 radical (unpaired) electrons. The van der Waals surface area contributed by atoms with Gasteiger partial charge in [-0.05, 0) is 35.4 Å². The monoisotopic (exact) mass is 362 g/mol. The van der Waals surface area contributed by atoms with E-state index < -0.39 is 5.97 Å². The summed E-state index contributed by atoms with van der Waals surface area (Å²) in [7, 11) is 0. The number of carboxylic acids is 1. The first-order valence-corrected chi connectivity index (χ1v) is 8.44. The molecule has 27 heavy (non-hydrogen) atoms. The normalized spacial score (nSPS) is 10.4. The number of fused-ring (bicyclic) bond motifs is 3. The number of carbonyl (C=O) groups is 2. The van der Waals surface area contributed by atoms with Gasteiger partial charge in [0.1, 0.15) is 11.8 Å². The lowest BCUT2D eigenvalue weighted by atomic mass is 10.0. The van der Waals surface area contributed by atoms with E-state index in [2.05, 4.69) is 9.97 Å². The Morgan fingerprint density at radius 3 is 2.52 bits per heavy atom. The number of nitrogens with one attached hydrogen (secondary N) is 2. The van der Waals surface area contributed by atoms with Crippen molar-refractivity contribution in [2.45, 2.75) is 13.3 Å². The van der Waals surface area contributed by atoms with Crippen LogP contribution in [0.25, 0.3) is 32.9 Å². The molecule has 2 heterocycles. The zero-order chi connectivity index (χ0) is 19.4. The number of aromatic nitrogens is 2. The van der Waals surface area contributed by atoms with Crippen LogP contribution < -0.4 is 5.56 Å². The molecule has 0 aliphatic rings. The van der Waals surface area contributed by atoms with Crippen molar-refractivity contribution < 1.29 is 14.7 Å². The maximum Gasteiger partial charge on any atom is 0.303 e. The molecule has 6 nitrogen and oxygen atoms in total. The highest BCUT2D eigenvalue weighted by Crippen LogP contribution is 2.27. The van der Waals surface area contributed by atoms with E-state index in [0.29, 0.717) is 11.1 Å². The van der Waals surface area contributed by atoms with Crippen LogP contribution in [0.5, 0.6) is 0 Å². The molecule has 0 aliphatic heterocycles. The van der Waals surface area contributed by atoms with E-state index in [4.69, 9.17) is 5.11 Å². The Morgan fingerprint density at radius 2 is 1.81 bits per heavy atom. The minimum Gasteiger partial charge on any atom is -0.481 e. The van der Waals surface area contributed by atoms with Gasteiger partial charge in [0.15, 0.2) is 0 Å². The molecule has 4 rings (SSSR count). The second-order valence-electron chi connectivity index (χ2n) is 5.97. The highest BCUT2D eigenvalue weighted by Gasteiger charge is 2.07. The van der Waals surface area contributed by atoms with Crippen molar-refractivity contribution in [2.24, 2.45) is 0 Å². The fraction of sp³-hybridized carbons (Fsp3) is 0.0952. The van der Waals surface area contributed by atoms with Crippen LogP contribution in [0.4, 0.5) is 0 Å². The summed E-state index contributed by atoms with van der Waals surface area (Å²) < 4.78 is 0. The lowest BCUT2D eigenvalue weighted by Gasteiger charge is -2.06. The number of H-pyrrole nitrogens is 2. The average molecular weight is 362 g/mol. The highest BCUT2D eigenvalue weighted by molar-refractivity contribution is 6.05. The number of pyridine rings is 1. The Kier molecular flexibility index (Phi) is 5.17. The topological polar surface area (TPSA) is 103 Å². The molecule has 0 bridgehead atoms. The van der Waals surface area contributed by atoms with E-state index in [9.17, 15) is 14.4 Å². The number of carbonyl (C=O) groups excluding carboxylic acids is 1. The van der Waals surface area contributed by atoms with E-state index in [-0.39, 0.29) is 12.0 Å². The number of carboxylic acid groups (broad SMARTS) is 1. The van der Waals surface area contributed by atoms with Gasteiger partial charge in [-0.1, -0.05) is 31.2 Å². The van der Waals surface area contributed by atoms with E-state index in [1.54, 1.807) is 19.2 Å². The Bertz CT molecular complexity index is 1190. The summed E-state index contributed by atoms with van der Waals surface area (Å²) in [5, 5.41) is 9.59. The summed E-state index contributed by atoms with van der Waals surface area (Å²) in [5.41, 5.74) is 3.87. The Balaban J connectivity index is 0.000000376. The molecule has 136 valence electrons. The smallest absolute Gasteiger partial charge is 0.303 e. The number of benzene rings is 2. The summed E-state index contributed by atoms with van der Waals surface area (Å²) in [6.07, 6.45) is 2.82. The van der Waals surface area contributed by atoms with E-state index in [1.165, 1.54) is 0 Å². The number of aromatic amines is 2. The molecule has 2 aromatic heterocycles. The van der Waals surface area contributed by atoms with Crippen molar-refractivity contribution in [3.05, 3.63) is 70.6 Å². The summed E-state index contributed by atoms with van der Waals surface area (Å²) in [4.78, 5) is 38.1. The van der Waals surface area contributed by atoms with Gasteiger partial charge in [0.2, 0.25) is 0 Å². The van der Waals surface area contributed by atoms with Crippen LogP contribution in [0, 0.1) is 0 Å². The number of aldehydes is 1. The van der Waals surface area contributed by atoms with Crippen molar-refractivity contribution in [1.82, 2.24) is 9.97 Å². The number of hydrogen-bond acceptors (Lipinski definition) is 3. The van der Waals surface area contributed by atoms with Crippen LogP contribution in [-0.4, -0.2) is 27.3 Å². The molecule has 0 unspecified atom stereocenters. The van der Waals surface area contributed by atoms with Gasteiger partial charge in [0.25, 0.3) is 5.56 Å². The van der Waals surface area contributed by atoms with Crippen molar-refractivity contribution >= 4 is 34.1 Å². The largest absolute Gasteiger partial charge is 0.481 e. The Hall–Kier alpha value is -3.67. The number of rotatable bonds is 3. The fourth-order valence-electron chi connectivity index (χ4n) is 2.81.